The van der Waals surface area contributed by atoms with Crippen molar-refractivity contribution in [2.75, 3.05) is 56.0 Å². The van der Waals surface area contributed by atoms with Crippen molar-refractivity contribution in [3.8, 4) is 5.75 Å². The summed E-state index contributed by atoms with van der Waals surface area (Å²) >= 11 is 0. The Balaban J connectivity index is 2.08. The molecule has 0 aliphatic heterocycles. The van der Waals surface area contributed by atoms with Crippen LogP contribution in [0.25, 0.3) is 0 Å². The van der Waals surface area contributed by atoms with Crippen LogP contribution in [-0.2, 0) is 4.74 Å². The summed E-state index contributed by atoms with van der Waals surface area (Å²) in [4.78, 5) is 27.1. The van der Waals surface area contributed by atoms with Crippen molar-refractivity contribution >= 4 is 29.0 Å². The first-order valence-corrected chi connectivity index (χ1v) is 10.4. The summed E-state index contributed by atoms with van der Waals surface area (Å²) in [6.07, 6.45) is 0.733. The fraction of sp³-hybridized carbons (Fsp3) is 0.391. The molecule has 0 aliphatic carbocycles. The Labute approximate surface area is 183 Å². The van der Waals surface area contributed by atoms with E-state index in [4.69, 9.17) is 9.47 Å². The van der Waals surface area contributed by atoms with Crippen LogP contribution >= 0.6 is 0 Å². The number of carbonyl (C=O) groups is 2. The second-order valence-corrected chi connectivity index (χ2v) is 6.94. The van der Waals surface area contributed by atoms with Crippen molar-refractivity contribution in [2.45, 2.75) is 20.3 Å². The number of para-hydroxylation sites is 2. The number of hydrogen-bond acceptors (Lipinski definition) is 5. The van der Waals surface area contributed by atoms with Crippen LogP contribution in [0.5, 0.6) is 5.75 Å². The van der Waals surface area contributed by atoms with Gasteiger partial charge < -0.3 is 30.3 Å². The normalized spacial score (nSPS) is 10.3. The molecule has 0 bridgehead atoms. The SMILES string of the molecule is CCOCCCNC(=O)c1cc(NC(=O)Nc2ccccc2OCC)ccc1N(C)C. The lowest BCUT2D eigenvalue weighted by Crippen LogP contribution is -2.28. The van der Waals surface area contributed by atoms with Crippen molar-refractivity contribution in [1.82, 2.24) is 5.32 Å². The van der Waals surface area contributed by atoms with Crippen LogP contribution in [-0.4, -0.2) is 52.4 Å². The standard InChI is InChI=1S/C23H32N4O4/c1-5-30-15-9-14-24-22(28)18-16-17(12-13-20(18)27(3)4)25-23(29)26-19-10-7-8-11-21(19)31-6-2/h7-8,10-13,16H,5-6,9,14-15H2,1-4H3,(H,24,28)(H2,25,26,29). The van der Waals surface area contributed by atoms with Gasteiger partial charge in [-0.15, -0.1) is 0 Å². The molecular formula is C23H32N4O4. The molecule has 0 fully saturated rings. The zero-order valence-corrected chi connectivity index (χ0v) is 18.7. The van der Waals surface area contributed by atoms with Crippen LogP contribution in [0, 0.1) is 0 Å². The van der Waals surface area contributed by atoms with E-state index in [2.05, 4.69) is 16.0 Å². The van der Waals surface area contributed by atoms with Gasteiger partial charge in [0.25, 0.3) is 5.91 Å². The highest BCUT2D eigenvalue weighted by atomic mass is 16.5. The van der Waals surface area contributed by atoms with Gasteiger partial charge in [0.05, 0.1) is 17.9 Å². The fourth-order valence-corrected chi connectivity index (χ4v) is 2.94. The molecule has 2 aromatic carbocycles. The molecule has 0 aliphatic rings. The predicted octanol–water partition coefficient (Wildman–Crippen LogP) is 3.95. The monoisotopic (exact) mass is 428 g/mol. The number of nitrogens with zero attached hydrogens (tertiary/aromatic N) is 1. The first-order valence-electron chi connectivity index (χ1n) is 10.4. The van der Waals surface area contributed by atoms with Gasteiger partial charge in [-0.2, -0.15) is 0 Å². The second kappa shape index (κ2) is 12.4. The fourth-order valence-electron chi connectivity index (χ4n) is 2.94. The Hall–Kier alpha value is -3.26. The quantitative estimate of drug-likeness (QED) is 0.471. The Bertz CT molecular complexity index is 870. The van der Waals surface area contributed by atoms with Crippen LogP contribution in [0.4, 0.5) is 21.9 Å². The van der Waals surface area contributed by atoms with Gasteiger partial charge in [-0.25, -0.2) is 4.79 Å². The topological polar surface area (TPSA) is 91.9 Å². The maximum atomic E-state index is 12.7. The number of benzene rings is 2. The van der Waals surface area contributed by atoms with Crippen LogP contribution in [0.2, 0.25) is 0 Å². The molecule has 2 rings (SSSR count). The van der Waals surface area contributed by atoms with Crippen LogP contribution in [0.1, 0.15) is 30.6 Å². The van der Waals surface area contributed by atoms with E-state index in [0.29, 0.717) is 49.1 Å². The molecule has 3 N–H and O–H groups in total. The molecule has 0 saturated heterocycles. The van der Waals surface area contributed by atoms with Crippen LogP contribution < -0.4 is 25.6 Å². The van der Waals surface area contributed by atoms with E-state index in [1.165, 1.54) is 0 Å². The minimum atomic E-state index is -0.423. The number of rotatable bonds is 11. The van der Waals surface area contributed by atoms with Gasteiger partial charge in [0.15, 0.2) is 0 Å². The molecule has 0 aromatic heterocycles. The maximum Gasteiger partial charge on any atom is 0.323 e. The Morgan fingerprint density at radius 1 is 1.00 bits per heavy atom. The predicted molar refractivity (Wildman–Crippen MR) is 124 cm³/mol. The van der Waals surface area contributed by atoms with Gasteiger partial charge >= 0.3 is 6.03 Å². The lowest BCUT2D eigenvalue weighted by Gasteiger charge is -2.19. The Kier molecular flexibility index (Phi) is 9.64. The molecule has 0 atom stereocenters. The first-order chi connectivity index (χ1) is 15.0. The third-order valence-electron chi connectivity index (χ3n) is 4.37. The third kappa shape index (κ3) is 7.49. The van der Waals surface area contributed by atoms with Gasteiger partial charge in [-0.1, -0.05) is 12.1 Å². The molecule has 0 saturated carbocycles. The average molecular weight is 429 g/mol. The summed E-state index contributed by atoms with van der Waals surface area (Å²) in [7, 11) is 3.73. The molecule has 8 heteroatoms. The van der Waals surface area contributed by atoms with Crippen molar-refractivity contribution in [3.63, 3.8) is 0 Å². The lowest BCUT2D eigenvalue weighted by atomic mass is 10.1. The summed E-state index contributed by atoms with van der Waals surface area (Å²) < 4.78 is 10.8. The number of carbonyl (C=O) groups excluding carboxylic acids is 2. The van der Waals surface area contributed by atoms with Crippen LogP contribution in [0.3, 0.4) is 0 Å². The summed E-state index contributed by atoms with van der Waals surface area (Å²) in [6, 6.07) is 12.0. The zero-order chi connectivity index (χ0) is 22.6. The molecule has 0 spiro atoms. The number of ether oxygens (including phenoxy) is 2. The van der Waals surface area contributed by atoms with Crippen molar-refractivity contribution < 1.29 is 19.1 Å². The van der Waals surface area contributed by atoms with E-state index in [0.717, 1.165) is 12.1 Å². The number of anilines is 3. The van der Waals surface area contributed by atoms with Gasteiger partial charge in [-0.3, -0.25) is 4.79 Å². The highest BCUT2D eigenvalue weighted by molar-refractivity contribution is 6.04. The van der Waals surface area contributed by atoms with Crippen molar-refractivity contribution in [1.29, 1.82) is 0 Å². The van der Waals surface area contributed by atoms with Crippen molar-refractivity contribution in [3.05, 3.63) is 48.0 Å². The van der Waals surface area contributed by atoms with E-state index in [-0.39, 0.29) is 5.91 Å². The molecule has 168 valence electrons. The number of hydrogen-bond donors (Lipinski definition) is 3. The highest BCUT2D eigenvalue weighted by Gasteiger charge is 2.15. The van der Waals surface area contributed by atoms with E-state index >= 15 is 0 Å². The van der Waals surface area contributed by atoms with Gasteiger partial charge in [-0.05, 0) is 50.6 Å². The smallest absolute Gasteiger partial charge is 0.323 e. The molecule has 0 heterocycles. The lowest BCUT2D eigenvalue weighted by molar-refractivity contribution is 0.0944. The minimum Gasteiger partial charge on any atom is -0.492 e. The molecule has 0 radical (unpaired) electrons. The van der Waals surface area contributed by atoms with Gasteiger partial charge in [0.2, 0.25) is 0 Å². The summed E-state index contributed by atoms with van der Waals surface area (Å²) in [6.45, 7) is 6.08. The average Bonchev–Trinajstić information content (AvgIpc) is 2.74. The summed E-state index contributed by atoms with van der Waals surface area (Å²) in [5.74, 6) is 0.390. The van der Waals surface area contributed by atoms with E-state index < -0.39 is 6.03 Å². The minimum absolute atomic E-state index is 0.203. The van der Waals surface area contributed by atoms with Crippen LogP contribution in [0.15, 0.2) is 42.5 Å². The zero-order valence-electron chi connectivity index (χ0n) is 18.7. The number of urea groups is 1. The Morgan fingerprint density at radius 2 is 1.77 bits per heavy atom. The number of amides is 3. The first kappa shape index (κ1) is 24.0. The molecule has 2 aromatic rings. The molecule has 8 nitrogen and oxygen atoms in total. The largest absolute Gasteiger partial charge is 0.492 e. The van der Waals surface area contributed by atoms with E-state index in [1.807, 2.05) is 45.0 Å². The summed E-state index contributed by atoms with van der Waals surface area (Å²) in [5.41, 5.74) is 2.32. The maximum absolute atomic E-state index is 12.7. The molecule has 31 heavy (non-hydrogen) atoms. The second-order valence-electron chi connectivity index (χ2n) is 6.94. The van der Waals surface area contributed by atoms with E-state index in [1.54, 1.807) is 30.3 Å². The summed E-state index contributed by atoms with van der Waals surface area (Å²) in [5, 5.41) is 8.47. The molecule has 0 unspecified atom stereocenters. The third-order valence-corrected chi connectivity index (χ3v) is 4.37. The van der Waals surface area contributed by atoms with E-state index in [9.17, 15) is 9.59 Å². The van der Waals surface area contributed by atoms with Gasteiger partial charge in [0, 0.05) is 45.2 Å². The molecule has 3 amide bonds. The Morgan fingerprint density at radius 3 is 2.48 bits per heavy atom. The number of nitrogens with one attached hydrogen (secondary N) is 3. The van der Waals surface area contributed by atoms with Gasteiger partial charge in [0.1, 0.15) is 5.75 Å². The van der Waals surface area contributed by atoms with Crippen molar-refractivity contribution in [2.24, 2.45) is 0 Å². The highest BCUT2D eigenvalue weighted by Crippen LogP contribution is 2.25. The molecular weight excluding hydrogens is 396 g/mol.